The lowest BCUT2D eigenvalue weighted by atomic mass is 10.5. The molecule has 6 heteroatoms. The number of nitrogens with zero attached hydrogens (tertiary/aromatic N) is 2. The Morgan fingerprint density at radius 1 is 1.57 bits per heavy atom. The van der Waals surface area contributed by atoms with Gasteiger partial charge in [-0.25, -0.2) is 0 Å². The summed E-state index contributed by atoms with van der Waals surface area (Å²) in [5, 5.41) is 9.47. The van der Waals surface area contributed by atoms with Crippen LogP contribution in [0.5, 0.6) is 0 Å². The van der Waals surface area contributed by atoms with E-state index in [-0.39, 0.29) is 5.38 Å². The zero-order valence-corrected chi connectivity index (χ0v) is 10.4. The predicted octanol–water partition coefficient (Wildman–Crippen LogP) is 3.86. The van der Waals surface area contributed by atoms with Crippen molar-refractivity contribution in [2.75, 3.05) is 0 Å². The second kappa shape index (κ2) is 4.00. The molecule has 2 rings (SSSR count). The highest BCUT2D eigenvalue weighted by molar-refractivity contribution is 9.10. The van der Waals surface area contributed by atoms with Crippen molar-refractivity contribution < 1.29 is 4.42 Å². The van der Waals surface area contributed by atoms with Crippen LogP contribution in [-0.2, 0) is 0 Å². The van der Waals surface area contributed by atoms with Gasteiger partial charge >= 0.3 is 0 Å². The summed E-state index contributed by atoms with van der Waals surface area (Å²) >= 11 is 10.8. The first kappa shape index (κ1) is 10.1. The molecule has 0 N–H and O–H groups in total. The molecule has 3 nitrogen and oxygen atoms in total. The van der Waals surface area contributed by atoms with Gasteiger partial charge in [-0.15, -0.1) is 33.1 Å². The lowest BCUT2D eigenvalue weighted by molar-refractivity contribution is 0.508. The molecule has 0 radical (unpaired) electrons. The molecular weight excluding hydrogens is 288 g/mol. The molecule has 0 amide bonds. The Bertz CT molecular complexity index is 440. The molecule has 1 unspecified atom stereocenters. The smallest absolute Gasteiger partial charge is 0.258 e. The standard InChI is InChI=1S/C8H6BrClN2OS/c1-4(10)7-11-12-8(13-7)6-5(9)2-3-14-6/h2-4H,1H3. The first-order valence-corrected chi connectivity index (χ1v) is 6.00. The van der Waals surface area contributed by atoms with Crippen molar-refractivity contribution in [1.29, 1.82) is 0 Å². The van der Waals surface area contributed by atoms with Crippen LogP contribution in [0, 0.1) is 0 Å². The molecule has 0 bridgehead atoms. The van der Waals surface area contributed by atoms with Crippen molar-refractivity contribution in [3.63, 3.8) is 0 Å². The fraction of sp³-hybridized carbons (Fsp3) is 0.250. The average molecular weight is 294 g/mol. The Hall–Kier alpha value is -0.390. The van der Waals surface area contributed by atoms with Crippen molar-refractivity contribution in [2.24, 2.45) is 0 Å². The Morgan fingerprint density at radius 2 is 2.36 bits per heavy atom. The van der Waals surface area contributed by atoms with Crippen LogP contribution in [0.3, 0.4) is 0 Å². The van der Waals surface area contributed by atoms with Gasteiger partial charge in [0.2, 0.25) is 5.89 Å². The molecular formula is C8H6BrClN2OS. The topological polar surface area (TPSA) is 38.9 Å². The van der Waals surface area contributed by atoms with Crippen molar-refractivity contribution in [3.05, 3.63) is 21.8 Å². The van der Waals surface area contributed by atoms with Gasteiger partial charge in [-0.1, -0.05) is 0 Å². The second-order valence-corrected chi connectivity index (χ2v) is 5.08. The fourth-order valence-corrected chi connectivity index (χ4v) is 2.48. The summed E-state index contributed by atoms with van der Waals surface area (Å²) < 4.78 is 6.35. The molecule has 0 aliphatic rings. The zero-order valence-electron chi connectivity index (χ0n) is 7.20. The molecule has 0 aliphatic heterocycles. The van der Waals surface area contributed by atoms with Gasteiger partial charge in [-0.3, -0.25) is 0 Å². The lowest BCUT2D eigenvalue weighted by Gasteiger charge is -1.92. The van der Waals surface area contributed by atoms with E-state index in [2.05, 4.69) is 26.1 Å². The monoisotopic (exact) mass is 292 g/mol. The van der Waals surface area contributed by atoms with E-state index in [0.29, 0.717) is 11.8 Å². The Kier molecular flexibility index (Phi) is 2.90. The van der Waals surface area contributed by atoms with Crippen LogP contribution >= 0.6 is 38.9 Å². The van der Waals surface area contributed by atoms with E-state index in [1.165, 1.54) is 0 Å². The Balaban J connectivity index is 2.39. The van der Waals surface area contributed by atoms with Gasteiger partial charge in [0, 0.05) is 4.47 Å². The molecule has 1 atom stereocenters. The molecule has 0 spiro atoms. The number of rotatable bonds is 2. The van der Waals surface area contributed by atoms with E-state index in [4.69, 9.17) is 16.0 Å². The zero-order chi connectivity index (χ0) is 10.1. The fourth-order valence-electron chi connectivity index (χ4n) is 0.933. The van der Waals surface area contributed by atoms with Crippen molar-refractivity contribution in [2.45, 2.75) is 12.3 Å². The van der Waals surface area contributed by atoms with E-state index in [0.717, 1.165) is 9.35 Å². The normalized spacial score (nSPS) is 13.1. The molecule has 2 aromatic heterocycles. The quantitative estimate of drug-likeness (QED) is 0.789. The lowest BCUT2D eigenvalue weighted by Crippen LogP contribution is -1.81. The summed E-state index contributed by atoms with van der Waals surface area (Å²) in [6.45, 7) is 1.79. The third kappa shape index (κ3) is 1.85. The van der Waals surface area contributed by atoms with E-state index >= 15 is 0 Å². The van der Waals surface area contributed by atoms with Gasteiger partial charge < -0.3 is 4.42 Å². The highest BCUT2D eigenvalue weighted by Gasteiger charge is 2.15. The Morgan fingerprint density at radius 3 is 2.86 bits per heavy atom. The van der Waals surface area contributed by atoms with Gasteiger partial charge in [0.05, 0.1) is 0 Å². The van der Waals surface area contributed by atoms with Gasteiger partial charge in [0.1, 0.15) is 10.3 Å². The van der Waals surface area contributed by atoms with Crippen LogP contribution in [0.2, 0.25) is 0 Å². The van der Waals surface area contributed by atoms with Crippen LogP contribution < -0.4 is 0 Å². The minimum Gasteiger partial charge on any atom is -0.418 e. The maximum Gasteiger partial charge on any atom is 0.258 e. The van der Waals surface area contributed by atoms with Crippen molar-refractivity contribution in [3.8, 4) is 10.8 Å². The summed E-state index contributed by atoms with van der Waals surface area (Å²) in [4.78, 5) is 0.932. The van der Waals surface area contributed by atoms with E-state index in [1.54, 1.807) is 18.3 Å². The van der Waals surface area contributed by atoms with E-state index in [9.17, 15) is 0 Å². The number of halogens is 2. The highest BCUT2D eigenvalue weighted by atomic mass is 79.9. The van der Waals surface area contributed by atoms with E-state index < -0.39 is 0 Å². The second-order valence-electron chi connectivity index (χ2n) is 2.66. The van der Waals surface area contributed by atoms with Crippen LogP contribution in [0.25, 0.3) is 10.8 Å². The molecule has 74 valence electrons. The molecule has 0 saturated carbocycles. The maximum absolute atomic E-state index is 5.81. The number of hydrogen-bond acceptors (Lipinski definition) is 4. The van der Waals surface area contributed by atoms with Crippen LogP contribution in [0.4, 0.5) is 0 Å². The van der Waals surface area contributed by atoms with Crippen LogP contribution in [0.1, 0.15) is 18.2 Å². The summed E-state index contributed by atoms with van der Waals surface area (Å²) in [5.41, 5.74) is 0. The highest BCUT2D eigenvalue weighted by Crippen LogP contribution is 2.33. The first-order valence-electron chi connectivity index (χ1n) is 3.89. The predicted molar refractivity (Wildman–Crippen MR) is 59.6 cm³/mol. The summed E-state index contributed by atoms with van der Waals surface area (Å²) in [5.74, 6) is 0.955. The SMILES string of the molecule is CC(Cl)c1nnc(-c2sccc2Br)o1. The molecule has 14 heavy (non-hydrogen) atoms. The number of alkyl halides is 1. The first-order chi connectivity index (χ1) is 6.68. The molecule has 2 aromatic rings. The van der Waals surface area contributed by atoms with Gasteiger partial charge in [-0.2, -0.15) is 0 Å². The van der Waals surface area contributed by atoms with E-state index in [1.807, 2.05) is 11.4 Å². The maximum atomic E-state index is 5.81. The third-order valence-corrected chi connectivity index (χ3v) is 3.60. The van der Waals surface area contributed by atoms with Gasteiger partial charge in [0.25, 0.3) is 5.89 Å². The molecule has 0 aliphatic carbocycles. The largest absolute Gasteiger partial charge is 0.418 e. The minimum absolute atomic E-state index is 0.255. The summed E-state index contributed by atoms with van der Waals surface area (Å²) in [6.07, 6.45) is 0. The molecule has 2 heterocycles. The number of thiophene rings is 1. The number of aromatic nitrogens is 2. The van der Waals surface area contributed by atoms with Gasteiger partial charge in [0.15, 0.2) is 0 Å². The third-order valence-electron chi connectivity index (χ3n) is 1.59. The molecule has 0 aromatic carbocycles. The van der Waals surface area contributed by atoms with Crippen LogP contribution in [0.15, 0.2) is 20.3 Å². The van der Waals surface area contributed by atoms with Gasteiger partial charge in [-0.05, 0) is 34.3 Å². The summed E-state index contributed by atoms with van der Waals surface area (Å²) in [7, 11) is 0. The van der Waals surface area contributed by atoms with Crippen molar-refractivity contribution >= 4 is 38.9 Å². The number of hydrogen-bond donors (Lipinski definition) is 0. The average Bonchev–Trinajstić information content (AvgIpc) is 2.71. The minimum atomic E-state index is -0.255. The Labute approximate surface area is 98.2 Å². The summed E-state index contributed by atoms with van der Waals surface area (Å²) in [6, 6.07) is 1.94. The van der Waals surface area contributed by atoms with Crippen LogP contribution in [-0.4, -0.2) is 10.2 Å². The molecule has 0 saturated heterocycles. The van der Waals surface area contributed by atoms with Crippen molar-refractivity contribution in [1.82, 2.24) is 10.2 Å². The molecule has 0 fully saturated rings.